The van der Waals surface area contributed by atoms with Gasteiger partial charge in [-0.25, -0.2) is 0 Å². The van der Waals surface area contributed by atoms with Gasteiger partial charge < -0.3 is 25.2 Å². The monoisotopic (exact) mass is 637 g/mol. The first-order chi connectivity index (χ1) is 20.8. The summed E-state index contributed by atoms with van der Waals surface area (Å²) in [7, 11) is -3.02. The zero-order chi connectivity index (χ0) is 31.9. The first-order valence-corrected chi connectivity index (χ1v) is 15.9. The van der Waals surface area contributed by atoms with Crippen LogP contribution in [0.3, 0.4) is 0 Å². The molecule has 0 saturated carbocycles. The van der Waals surface area contributed by atoms with Crippen molar-refractivity contribution < 1.29 is 41.7 Å². The minimum Gasteiger partial charge on any atom is -0.491 e. The van der Waals surface area contributed by atoms with Gasteiger partial charge in [-0.2, -0.15) is 0 Å². The molecule has 9 nitrogen and oxygen atoms in total. The number of anilines is 1. The second kappa shape index (κ2) is 14.5. The molecule has 13 heteroatoms. The first-order valence-electron chi connectivity index (χ1n) is 14.2. The van der Waals surface area contributed by atoms with Crippen LogP contribution in [0.5, 0.6) is 11.5 Å². The molecule has 0 aromatic heterocycles. The molecule has 3 aromatic carbocycles. The van der Waals surface area contributed by atoms with Crippen molar-refractivity contribution in [3.05, 3.63) is 89.5 Å². The fourth-order valence-corrected chi connectivity index (χ4v) is 6.52. The van der Waals surface area contributed by atoms with Crippen molar-refractivity contribution in [2.75, 3.05) is 23.1 Å². The summed E-state index contributed by atoms with van der Waals surface area (Å²) in [5.41, 5.74) is 2.06. The average molecular weight is 638 g/mol. The quantitative estimate of drug-likeness (QED) is 0.161. The molecular weight excluding hydrogens is 599 g/mol. The molecule has 0 unspecified atom stereocenters. The third-order valence-corrected chi connectivity index (χ3v) is 8.78. The summed E-state index contributed by atoms with van der Waals surface area (Å²) >= 11 is 0. The Morgan fingerprint density at radius 1 is 1.00 bits per heavy atom. The zero-order valence-electron chi connectivity index (χ0n) is 24.5. The number of aliphatic hydroxyl groups excluding tert-OH is 1. The number of benzene rings is 3. The molecular formula is C31H38F3N3O6S. The lowest BCUT2D eigenvalue weighted by Crippen LogP contribution is -2.48. The minimum absolute atomic E-state index is 0.0264. The molecule has 3 aromatic rings. The van der Waals surface area contributed by atoms with Gasteiger partial charge in [-0.05, 0) is 62.1 Å². The molecule has 5 N–H and O–H groups in total. The van der Waals surface area contributed by atoms with E-state index in [1.165, 1.54) is 22.5 Å². The predicted octanol–water partition coefficient (Wildman–Crippen LogP) is 5.74. The van der Waals surface area contributed by atoms with Crippen molar-refractivity contribution in [3.8, 4) is 11.5 Å². The number of halogens is 3. The zero-order valence-corrected chi connectivity index (χ0v) is 25.3. The molecule has 4 rings (SSSR count). The SMILES string of the molecule is CC(C)Oc1cc(C(=O)N[C@@H](Cc2ccccc2)[C@@H](O)CNCc2cccc(OC(F)(F)F)c2)cc(N2CCCS2(O)O)c1. The summed E-state index contributed by atoms with van der Waals surface area (Å²) in [5.74, 6) is -0.205. The van der Waals surface area contributed by atoms with Crippen molar-refractivity contribution in [2.45, 2.75) is 57.8 Å². The number of aliphatic hydroxyl groups is 1. The van der Waals surface area contributed by atoms with Gasteiger partial charge in [0.1, 0.15) is 11.5 Å². The maximum atomic E-state index is 13.6. The average Bonchev–Trinajstić information content (AvgIpc) is 3.30. The Balaban J connectivity index is 1.50. The van der Waals surface area contributed by atoms with E-state index in [0.29, 0.717) is 36.4 Å². The van der Waals surface area contributed by atoms with E-state index >= 15 is 0 Å². The molecule has 0 radical (unpaired) electrons. The Hall–Kier alpha value is -3.49. The number of amides is 1. The first kappa shape index (κ1) is 33.4. The Bertz CT molecular complexity index is 1390. The normalized spacial score (nSPS) is 16.8. The van der Waals surface area contributed by atoms with Crippen molar-refractivity contribution in [2.24, 2.45) is 0 Å². The van der Waals surface area contributed by atoms with Gasteiger partial charge in [-0.15, -0.1) is 23.9 Å². The Labute approximate surface area is 256 Å². The van der Waals surface area contributed by atoms with E-state index in [1.807, 2.05) is 44.2 Å². The van der Waals surface area contributed by atoms with Gasteiger partial charge in [-0.1, -0.05) is 42.5 Å². The summed E-state index contributed by atoms with van der Waals surface area (Å²) in [5, 5.41) is 17.1. The van der Waals surface area contributed by atoms with Crippen LogP contribution < -0.4 is 24.4 Å². The van der Waals surface area contributed by atoms with Crippen molar-refractivity contribution >= 4 is 22.4 Å². The van der Waals surface area contributed by atoms with Gasteiger partial charge in [0, 0.05) is 31.3 Å². The molecule has 0 spiro atoms. The Kier molecular flexibility index (Phi) is 11.0. The standard InChI is InChI=1S/C31H38F3N3O6S/c1-21(2)42-27-17-24(16-25(18-27)37-12-7-13-44(37,40)41)30(39)36-28(15-22-8-4-3-5-9-22)29(38)20-35-19-23-10-6-11-26(14-23)43-31(32,33)34/h3-6,8-11,14,16-18,21,28-29,35,38,40-41H,7,12-13,15,19-20H2,1-2H3,(H,36,39)/t28-,29-/m0/s1. The maximum Gasteiger partial charge on any atom is 0.573 e. The van der Waals surface area contributed by atoms with Crippen LogP contribution in [0.2, 0.25) is 0 Å². The number of nitrogens with one attached hydrogen (secondary N) is 2. The van der Waals surface area contributed by atoms with Crippen LogP contribution in [-0.2, 0) is 13.0 Å². The highest BCUT2D eigenvalue weighted by Gasteiger charge is 2.32. The summed E-state index contributed by atoms with van der Waals surface area (Å²) < 4.78 is 70.2. The molecule has 1 fully saturated rings. The lowest BCUT2D eigenvalue weighted by Gasteiger charge is -2.38. The number of rotatable bonds is 13. The van der Waals surface area contributed by atoms with Crippen LogP contribution in [0.4, 0.5) is 18.9 Å². The van der Waals surface area contributed by atoms with Crippen LogP contribution in [0, 0.1) is 0 Å². The van der Waals surface area contributed by atoms with Crippen molar-refractivity contribution in [3.63, 3.8) is 0 Å². The maximum absolute atomic E-state index is 13.6. The number of carbonyl (C=O) groups is 1. The fourth-order valence-electron chi connectivity index (χ4n) is 4.92. The van der Waals surface area contributed by atoms with E-state index in [-0.39, 0.29) is 36.3 Å². The second-order valence-electron chi connectivity index (χ2n) is 10.8. The molecule has 44 heavy (non-hydrogen) atoms. The van der Waals surface area contributed by atoms with E-state index in [1.54, 1.807) is 24.3 Å². The van der Waals surface area contributed by atoms with Gasteiger partial charge in [0.25, 0.3) is 5.91 Å². The van der Waals surface area contributed by atoms with Gasteiger partial charge in [0.05, 0.1) is 29.7 Å². The smallest absolute Gasteiger partial charge is 0.491 e. The number of hydrogen-bond acceptors (Lipinski definition) is 8. The topological polar surface area (TPSA) is 124 Å². The number of ether oxygens (including phenoxy) is 2. The molecule has 0 aliphatic carbocycles. The molecule has 240 valence electrons. The number of alkyl halides is 3. The Morgan fingerprint density at radius 3 is 2.39 bits per heavy atom. The summed E-state index contributed by atoms with van der Waals surface area (Å²) in [6.07, 6.45) is -5.18. The third kappa shape index (κ3) is 9.76. The molecule has 1 saturated heterocycles. The van der Waals surface area contributed by atoms with E-state index in [4.69, 9.17) is 4.74 Å². The minimum atomic E-state index is -4.80. The number of hydrogen-bond donors (Lipinski definition) is 5. The van der Waals surface area contributed by atoms with E-state index in [9.17, 15) is 32.2 Å². The number of nitrogens with zero attached hydrogens (tertiary/aromatic N) is 1. The molecule has 2 atom stereocenters. The lowest BCUT2D eigenvalue weighted by molar-refractivity contribution is -0.274. The van der Waals surface area contributed by atoms with Crippen LogP contribution in [0.1, 0.15) is 41.8 Å². The van der Waals surface area contributed by atoms with Gasteiger partial charge in [0.2, 0.25) is 0 Å². The number of carbonyl (C=O) groups excluding carboxylic acids is 1. The van der Waals surface area contributed by atoms with Crippen molar-refractivity contribution in [1.82, 2.24) is 10.6 Å². The van der Waals surface area contributed by atoms with Gasteiger partial charge >= 0.3 is 6.36 Å². The van der Waals surface area contributed by atoms with Crippen LogP contribution >= 0.6 is 10.8 Å². The predicted molar refractivity (Wildman–Crippen MR) is 164 cm³/mol. The molecule has 1 aliphatic heterocycles. The highest BCUT2D eigenvalue weighted by Crippen LogP contribution is 2.51. The van der Waals surface area contributed by atoms with Crippen LogP contribution in [0.25, 0.3) is 0 Å². The molecule has 1 amide bonds. The highest BCUT2D eigenvalue weighted by atomic mass is 32.3. The fraction of sp³-hybridized carbons (Fsp3) is 0.387. The van der Waals surface area contributed by atoms with E-state index in [2.05, 4.69) is 15.4 Å². The van der Waals surface area contributed by atoms with Crippen molar-refractivity contribution in [1.29, 1.82) is 0 Å². The summed E-state index contributed by atoms with van der Waals surface area (Å²) in [6, 6.07) is 18.9. The lowest BCUT2D eigenvalue weighted by atomic mass is 10.00. The molecule has 1 heterocycles. The van der Waals surface area contributed by atoms with E-state index in [0.717, 1.165) is 5.56 Å². The van der Waals surface area contributed by atoms with Gasteiger partial charge in [-0.3, -0.25) is 18.2 Å². The summed E-state index contributed by atoms with van der Waals surface area (Å²) in [4.78, 5) is 13.6. The highest BCUT2D eigenvalue weighted by molar-refractivity contribution is 8.25. The Morgan fingerprint density at radius 2 is 1.73 bits per heavy atom. The molecule has 0 bridgehead atoms. The van der Waals surface area contributed by atoms with Crippen LogP contribution in [0.15, 0.2) is 72.8 Å². The molecule has 1 aliphatic rings. The second-order valence-corrected chi connectivity index (χ2v) is 13.0. The largest absolute Gasteiger partial charge is 0.573 e. The van der Waals surface area contributed by atoms with E-state index < -0.39 is 35.2 Å². The third-order valence-electron chi connectivity index (χ3n) is 6.84. The summed E-state index contributed by atoms with van der Waals surface area (Å²) in [6.45, 7) is 4.28. The van der Waals surface area contributed by atoms with Crippen LogP contribution in [-0.4, -0.2) is 63.6 Å². The van der Waals surface area contributed by atoms with Gasteiger partial charge in [0.15, 0.2) is 0 Å².